The Kier molecular flexibility index (Phi) is 5.05. The van der Waals surface area contributed by atoms with Crippen LogP contribution in [0.5, 0.6) is 0 Å². The Morgan fingerprint density at radius 3 is 2.59 bits per heavy atom. The molecule has 1 aliphatic heterocycles. The number of carbonyl (C=O) groups is 1. The van der Waals surface area contributed by atoms with Gasteiger partial charge >= 0.3 is 0 Å². The van der Waals surface area contributed by atoms with Gasteiger partial charge in [-0.3, -0.25) is 4.79 Å². The van der Waals surface area contributed by atoms with Crippen molar-refractivity contribution in [3.8, 4) is 0 Å². The topological polar surface area (TPSA) is 51.0 Å². The Labute approximate surface area is 175 Å². The van der Waals surface area contributed by atoms with Gasteiger partial charge in [-0.25, -0.2) is 13.9 Å². The molecule has 1 saturated carbocycles. The predicted molar refractivity (Wildman–Crippen MR) is 116 cm³/mol. The van der Waals surface area contributed by atoms with Crippen LogP contribution < -0.4 is 0 Å². The van der Waals surface area contributed by atoms with Crippen molar-refractivity contribution in [3.05, 3.63) is 41.5 Å². The second-order valence-electron chi connectivity index (χ2n) is 9.13. The molecule has 0 N–H and O–H groups in total. The van der Waals surface area contributed by atoms with Crippen LogP contribution in [0.4, 0.5) is 3.89 Å². The lowest BCUT2D eigenvalue weighted by Crippen LogP contribution is -2.20. The monoisotopic (exact) mass is 414 g/mol. The summed E-state index contributed by atoms with van der Waals surface area (Å²) in [6, 6.07) is 0. The third kappa shape index (κ3) is 3.72. The van der Waals surface area contributed by atoms with Crippen LogP contribution >= 0.6 is 12.3 Å². The summed E-state index contributed by atoms with van der Waals surface area (Å²) in [7, 11) is 0. The molecule has 0 aromatic carbocycles. The fourth-order valence-corrected chi connectivity index (χ4v) is 4.38. The number of rotatable bonds is 5. The highest BCUT2D eigenvalue weighted by Crippen LogP contribution is 2.46. The van der Waals surface area contributed by atoms with E-state index in [0.717, 1.165) is 30.5 Å². The van der Waals surface area contributed by atoms with Crippen molar-refractivity contribution in [2.45, 2.75) is 41.0 Å². The molecule has 154 valence electrons. The van der Waals surface area contributed by atoms with E-state index < -0.39 is 5.41 Å². The van der Waals surface area contributed by atoms with Crippen LogP contribution in [0.15, 0.2) is 30.2 Å². The summed E-state index contributed by atoms with van der Waals surface area (Å²) in [6.45, 7) is 11.9. The first-order valence-electron chi connectivity index (χ1n) is 10.0. The van der Waals surface area contributed by atoms with Gasteiger partial charge in [0, 0.05) is 30.4 Å². The number of aromatic nitrogens is 3. The first-order chi connectivity index (χ1) is 13.7. The third-order valence-electron chi connectivity index (χ3n) is 5.91. The van der Waals surface area contributed by atoms with Crippen molar-refractivity contribution >= 4 is 34.9 Å². The van der Waals surface area contributed by atoms with E-state index in [2.05, 4.69) is 22.9 Å². The number of halogens is 1. The Hall–Kier alpha value is -2.15. The molecule has 4 rings (SSSR count). The fraction of sp³-hybridized carbons (Fsp3) is 0.500. The van der Waals surface area contributed by atoms with Crippen molar-refractivity contribution in [2.24, 2.45) is 17.3 Å². The van der Waals surface area contributed by atoms with Gasteiger partial charge < -0.3 is 4.90 Å². The molecule has 7 heteroatoms. The van der Waals surface area contributed by atoms with E-state index in [1.54, 1.807) is 6.20 Å². The molecule has 2 aromatic heterocycles. The number of likely N-dealkylation sites (tertiary alicyclic amines) is 1. The molecule has 2 atom stereocenters. The number of nitrogens with zero attached hydrogens (tertiary/aromatic N) is 4. The molecule has 29 heavy (non-hydrogen) atoms. The first kappa shape index (κ1) is 20.1. The minimum absolute atomic E-state index is 0.0276. The van der Waals surface area contributed by atoms with E-state index in [0.29, 0.717) is 22.4 Å². The van der Waals surface area contributed by atoms with Gasteiger partial charge in [-0.2, -0.15) is 0 Å². The number of fused-ring (bicyclic) bond motifs is 2. The highest BCUT2D eigenvalue weighted by atomic mass is 32.2. The predicted octanol–water partition coefficient (Wildman–Crippen LogP) is 5.30. The van der Waals surface area contributed by atoms with E-state index in [-0.39, 0.29) is 18.1 Å². The van der Waals surface area contributed by atoms with Crippen molar-refractivity contribution in [1.82, 2.24) is 18.8 Å². The maximum atomic E-state index is 13.4. The molecule has 2 fully saturated rings. The van der Waals surface area contributed by atoms with Gasteiger partial charge in [0.05, 0.1) is 17.5 Å². The Bertz CT molecular complexity index is 1020. The lowest BCUT2D eigenvalue weighted by Gasteiger charge is -2.21. The standard InChI is InChI=1S/C22H27FN4OS/c1-6-14(7-13(2)26-10-15-8-16(15)11-26)18-9-24-21-19(25-18)17(12-27(21)29-23)20(28)22(3,4)5/h6-7,9,12,15-16H,8,10-11H2,1-5H3/b13-7+,14-6+. The van der Waals surface area contributed by atoms with Gasteiger partial charge in [0.2, 0.25) is 0 Å². The van der Waals surface area contributed by atoms with Crippen LogP contribution in [-0.4, -0.2) is 37.7 Å². The first-order valence-corrected chi connectivity index (χ1v) is 10.7. The molecule has 2 aromatic rings. The second-order valence-corrected chi connectivity index (χ2v) is 9.67. The zero-order valence-electron chi connectivity index (χ0n) is 17.6. The van der Waals surface area contributed by atoms with Crippen LogP contribution in [0, 0.1) is 17.3 Å². The number of hydrogen-bond donors (Lipinski definition) is 0. The van der Waals surface area contributed by atoms with Crippen LogP contribution in [0.25, 0.3) is 16.7 Å². The van der Waals surface area contributed by atoms with Crippen molar-refractivity contribution in [1.29, 1.82) is 0 Å². The number of ketones is 1. The van der Waals surface area contributed by atoms with Gasteiger partial charge in [-0.05, 0) is 43.8 Å². The number of piperidine rings is 1. The molecule has 2 unspecified atom stereocenters. The maximum Gasteiger partial charge on any atom is 0.172 e. The SMILES string of the molecule is C/C=C(\C=C(/C)N1CC2CC2C1)c1cnc2c(n1)c(C(=O)C(C)(C)C)cn2SF. The molecule has 3 heterocycles. The number of hydrogen-bond acceptors (Lipinski definition) is 5. The van der Waals surface area contributed by atoms with Gasteiger partial charge in [-0.1, -0.05) is 26.8 Å². The lowest BCUT2D eigenvalue weighted by molar-refractivity contribution is 0.0860. The Balaban J connectivity index is 1.72. The number of allylic oxidation sites excluding steroid dienone is 4. The van der Waals surface area contributed by atoms with E-state index in [4.69, 9.17) is 4.98 Å². The fourth-order valence-electron chi connectivity index (χ4n) is 4.03. The normalized spacial score (nSPS) is 22.3. The molecular weight excluding hydrogens is 387 g/mol. The molecule has 1 saturated heterocycles. The molecule has 0 spiro atoms. The van der Waals surface area contributed by atoms with Gasteiger partial charge in [0.15, 0.2) is 23.8 Å². The minimum Gasteiger partial charge on any atom is -0.374 e. The third-order valence-corrected chi connectivity index (χ3v) is 6.34. The van der Waals surface area contributed by atoms with Crippen LogP contribution in [-0.2, 0) is 0 Å². The highest BCUT2D eigenvalue weighted by Gasteiger charge is 2.45. The zero-order chi connectivity index (χ0) is 20.9. The molecule has 1 aliphatic carbocycles. The quantitative estimate of drug-likeness (QED) is 0.491. The van der Waals surface area contributed by atoms with Crippen LogP contribution in [0.2, 0.25) is 0 Å². The van der Waals surface area contributed by atoms with E-state index in [1.807, 2.05) is 33.8 Å². The van der Waals surface area contributed by atoms with Gasteiger partial charge in [0.1, 0.15) is 5.52 Å². The minimum atomic E-state index is -0.589. The molecule has 0 bridgehead atoms. The molecular formula is C22H27FN4OS. The zero-order valence-corrected chi connectivity index (χ0v) is 18.4. The van der Waals surface area contributed by atoms with Crippen molar-refractivity contribution in [3.63, 3.8) is 0 Å². The summed E-state index contributed by atoms with van der Waals surface area (Å²) < 4.78 is 14.7. The van der Waals surface area contributed by atoms with Crippen molar-refractivity contribution < 1.29 is 8.68 Å². The average Bonchev–Trinajstić information content (AvgIpc) is 3.13. The van der Waals surface area contributed by atoms with Crippen LogP contribution in [0.3, 0.4) is 0 Å². The summed E-state index contributed by atoms with van der Waals surface area (Å²) >= 11 is 0.0276. The highest BCUT2D eigenvalue weighted by molar-refractivity contribution is 7.92. The maximum absolute atomic E-state index is 13.4. The van der Waals surface area contributed by atoms with Gasteiger partial charge in [-0.15, -0.1) is 3.89 Å². The molecule has 5 nitrogen and oxygen atoms in total. The smallest absolute Gasteiger partial charge is 0.172 e. The number of carbonyl (C=O) groups excluding carboxylic acids is 1. The van der Waals surface area contributed by atoms with Gasteiger partial charge in [0.25, 0.3) is 0 Å². The summed E-state index contributed by atoms with van der Waals surface area (Å²) in [5.41, 5.74) is 3.48. The molecule has 0 radical (unpaired) electrons. The number of Topliss-reactive ketones (excluding diaryl/α,β-unsaturated/α-hetero) is 1. The van der Waals surface area contributed by atoms with Crippen molar-refractivity contribution in [2.75, 3.05) is 13.1 Å². The largest absolute Gasteiger partial charge is 0.374 e. The molecule has 2 aliphatic rings. The summed E-state index contributed by atoms with van der Waals surface area (Å²) in [6.07, 6.45) is 8.66. The Morgan fingerprint density at radius 1 is 1.31 bits per heavy atom. The summed E-state index contributed by atoms with van der Waals surface area (Å²) in [4.78, 5) is 24.5. The van der Waals surface area contributed by atoms with E-state index in [1.165, 1.54) is 22.3 Å². The lowest BCUT2D eigenvalue weighted by atomic mass is 9.87. The summed E-state index contributed by atoms with van der Waals surface area (Å²) in [5, 5.41) is 0. The van der Waals surface area contributed by atoms with Crippen LogP contribution in [0.1, 0.15) is 57.1 Å². The Morgan fingerprint density at radius 2 is 2.00 bits per heavy atom. The summed E-state index contributed by atoms with van der Waals surface area (Å²) in [5.74, 6) is 1.66. The second kappa shape index (κ2) is 7.27. The average molecular weight is 415 g/mol. The van der Waals surface area contributed by atoms with E-state index >= 15 is 0 Å². The molecule has 0 amide bonds. The van der Waals surface area contributed by atoms with E-state index in [9.17, 15) is 8.68 Å².